The van der Waals surface area contributed by atoms with Crippen LogP contribution in [-0.4, -0.2) is 28.6 Å². The van der Waals surface area contributed by atoms with Crippen LogP contribution in [0.15, 0.2) is 24.3 Å². The summed E-state index contributed by atoms with van der Waals surface area (Å²) in [7, 11) is 0. The summed E-state index contributed by atoms with van der Waals surface area (Å²) >= 11 is 0. The topological polar surface area (TPSA) is 86.6 Å². The largest absolute Gasteiger partial charge is 0.508 e. The molecule has 0 heterocycles. The fourth-order valence-electron chi connectivity index (χ4n) is 1.09. The summed E-state index contributed by atoms with van der Waals surface area (Å²) in [5.74, 6) is -1.25. The molecule has 1 aromatic carbocycles. The van der Waals surface area contributed by atoms with Gasteiger partial charge in [-0.25, -0.2) is 0 Å². The first-order chi connectivity index (χ1) is 7.83. The predicted molar refractivity (Wildman–Crippen MR) is 61.9 cm³/mol. The van der Waals surface area contributed by atoms with Crippen molar-refractivity contribution in [1.29, 1.82) is 0 Å². The van der Waals surface area contributed by atoms with Crippen molar-refractivity contribution in [3.8, 4) is 5.75 Å². The number of benzene rings is 1. The highest BCUT2D eigenvalue weighted by molar-refractivity contribution is 5.94. The summed E-state index contributed by atoms with van der Waals surface area (Å²) in [5.41, 5.74) is -0.629. The molecule has 1 rings (SSSR count). The highest BCUT2D eigenvalue weighted by Gasteiger charge is 2.27. The SMILES string of the molecule is CC(C)(CNC(=O)c1ccc(O)cc1)C(=O)O. The molecule has 0 saturated heterocycles. The molecule has 0 spiro atoms. The van der Waals surface area contributed by atoms with Crippen LogP contribution in [0, 0.1) is 5.41 Å². The first-order valence-electron chi connectivity index (χ1n) is 5.13. The van der Waals surface area contributed by atoms with Gasteiger partial charge in [-0.05, 0) is 38.1 Å². The molecule has 1 amide bonds. The molecule has 0 aliphatic rings. The number of carboxylic acid groups (broad SMARTS) is 1. The molecule has 0 aliphatic carbocycles. The van der Waals surface area contributed by atoms with E-state index in [0.29, 0.717) is 5.56 Å². The molecule has 0 radical (unpaired) electrons. The molecule has 0 aliphatic heterocycles. The van der Waals surface area contributed by atoms with Crippen LogP contribution in [-0.2, 0) is 4.79 Å². The van der Waals surface area contributed by atoms with Crippen LogP contribution in [0.3, 0.4) is 0 Å². The van der Waals surface area contributed by atoms with Crippen molar-refractivity contribution >= 4 is 11.9 Å². The summed E-state index contributed by atoms with van der Waals surface area (Å²) in [6, 6.07) is 5.74. The second-order valence-corrected chi connectivity index (χ2v) is 4.42. The third-order valence-electron chi connectivity index (χ3n) is 2.40. The first kappa shape index (κ1) is 13.0. The smallest absolute Gasteiger partial charge is 0.310 e. The molecule has 3 N–H and O–H groups in total. The van der Waals surface area contributed by atoms with Gasteiger partial charge in [0.2, 0.25) is 0 Å². The van der Waals surface area contributed by atoms with E-state index in [0.717, 1.165) is 0 Å². The van der Waals surface area contributed by atoms with Gasteiger partial charge in [0.1, 0.15) is 5.75 Å². The van der Waals surface area contributed by atoms with Crippen LogP contribution >= 0.6 is 0 Å². The Hall–Kier alpha value is -2.04. The second kappa shape index (κ2) is 4.86. The van der Waals surface area contributed by atoms with Crippen LogP contribution in [0.5, 0.6) is 5.75 Å². The van der Waals surface area contributed by atoms with Crippen molar-refractivity contribution in [2.24, 2.45) is 5.41 Å². The average molecular weight is 237 g/mol. The second-order valence-electron chi connectivity index (χ2n) is 4.42. The third-order valence-corrected chi connectivity index (χ3v) is 2.40. The van der Waals surface area contributed by atoms with Gasteiger partial charge in [-0.1, -0.05) is 0 Å². The van der Waals surface area contributed by atoms with Gasteiger partial charge in [0.15, 0.2) is 0 Å². The molecule has 5 heteroatoms. The van der Waals surface area contributed by atoms with Crippen molar-refractivity contribution in [3.05, 3.63) is 29.8 Å². The lowest BCUT2D eigenvalue weighted by molar-refractivity contribution is -0.146. The molecule has 0 atom stereocenters. The van der Waals surface area contributed by atoms with E-state index in [9.17, 15) is 9.59 Å². The number of hydrogen-bond acceptors (Lipinski definition) is 3. The standard InChI is InChI=1S/C12H15NO4/c1-12(2,11(16)17)7-13-10(15)8-3-5-9(14)6-4-8/h3-6,14H,7H2,1-2H3,(H,13,15)(H,16,17). The van der Waals surface area contributed by atoms with Crippen molar-refractivity contribution in [2.45, 2.75) is 13.8 Å². The Kier molecular flexibility index (Phi) is 3.73. The lowest BCUT2D eigenvalue weighted by atomic mass is 9.94. The molecule has 92 valence electrons. The molecule has 0 aromatic heterocycles. The van der Waals surface area contributed by atoms with E-state index in [2.05, 4.69) is 5.32 Å². The van der Waals surface area contributed by atoms with E-state index in [-0.39, 0.29) is 18.2 Å². The molecule has 5 nitrogen and oxygen atoms in total. The van der Waals surface area contributed by atoms with Gasteiger partial charge in [-0.3, -0.25) is 9.59 Å². The highest BCUT2D eigenvalue weighted by atomic mass is 16.4. The zero-order valence-corrected chi connectivity index (χ0v) is 9.73. The Morgan fingerprint density at radius 3 is 2.24 bits per heavy atom. The number of rotatable bonds is 4. The maximum Gasteiger partial charge on any atom is 0.310 e. The van der Waals surface area contributed by atoms with Gasteiger partial charge in [-0.2, -0.15) is 0 Å². The number of phenolic OH excluding ortho intramolecular Hbond substituents is 1. The summed E-state index contributed by atoms with van der Waals surface area (Å²) in [6.45, 7) is 3.11. The van der Waals surface area contributed by atoms with E-state index in [1.54, 1.807) is 0 Å². The quantitative estimate of drug-likeness (QED) is 0.735. The number of carbonyl (C=O) groups excluding carboxylic acids is 1. The van der Waals surface area contributed by atoms with Crippen molar-refractivity contribution in [2.75, 3.05) is 6.54 Å². The van der Waals surface area contributed by atoms with E-state index in [1.807, 2.05) is 0 Å². The molecule has 0 fully saturated rings. The number of hydrogen-bond donors (Lipinski definition) is 3. The Labute approximate surface area is 99.1 Å². The Balaban J connectivity index is 2.62. The monoisotopic (exact) mass is 237 g/mol. The summed E-state index contributed by atoms with van der Waals surface area (Å²) in [6.07, 6.45) is 0. The van der Waals surface area contributed by atoms with Crippen LogP contribution in [0.4, 0.5) is 0 Å². The maximum absolute atomic E-state index is 11.6. The minimum absolute atomic E-state index is 0.0437. The van der Waals surface area contributed by atoms with Gasteiger partial charge in [0.05, 0.1) is 5.41 Å². The molecule has 0 bridgehead atoms. The Bertz CT molecular complexity index is 423. The predicted octanol–water partition coefficient (Wildman–Crippen LogP) is 1.23. The fourth-order valence-corrected chi connectivity index (χ4v) is 1.09. The maximum atomic E-state index is 11.6. The Morgan fingerprint density at radius 2 is 1.76 bits per heavy atom. The minimum Gasteiger partial charge on any atom is -0.508 e. The third kappa shape index (κ3) is 3.48. The number of nitrogens with one attached hydrogen (secondary N) is 1. The van der Waals surface area contributed by atoms with Gasteiger partial charge in [-0.15, -0.1) is 0 Å². The van der Waals surface area contributed by atoms with Gasteiger partial charge in [0.25, 0.3) is 5.91 Å². The van der Waals surface area contributed by atoms with E-state index < -0.39 is 11.4 Å². The number of carbonyl (C=O) groups is 2. The molecule has 1 aromatic rings. The fraction of sp³-hybridized carbons (Fsp3) is 0.333. The minimum atomic E-state index is -1.01. The van der Waals surface area contributed by atoms with Crippen LogP contribution in [0.25, 0.3) is 0 Å². The summed E-state index contributed by atoms with van der Waals surface area (Å²) in [4.78, 5) is 22.5. The van der Waals surface area contributed by atoms with E-state index >= 15 is 0 Å². The molecule has 17 heavy (non-hydrogen) atoms. The van der Waals surface area contributed by atoms with Gasteiger partial charge in [0, 0.05) is 12.1 Å². The van der Waals surface area contributed by atoms with Crippen LogP contribution in [0.1, 0.15) is 24.2 Å². The number of amides is 1. The number of aliphatic carboxylic acids is 1. The lowest BCUT2D eigenvalue weighted by Gasteiger charge is -2.19. The van der Waals surface area contributed by atoms with E-state index in [1.165, 1.54) is 38.1 Å². The van der Waals surface area contributed by atoms with Crippen molar-refractivity contribution in [1.82, 2.24) is 5.32 Å². The molecular formula is C12H15NO4. The summed E-state index contributed by atoms with van der Waals surface area (Å²) < 4.78 is 0. The van der Waals surface area contributed by atoms with Crippen molar-refractivity contribution < 1.29 is 19.8 Å². The normalized spacial score (nSPS) is 10.9. The van der Waals surface area contributed by atoms with Gasteiger partial charge < -0.3 is 15.5 Å². The van der Waals surface area contributed by atoms with Gasteiger partial charge >= 0.3 is 5.97 Å². The number of carboxylic acids is 1. The average Bonchev–Trinajstić information content (AvgIpc) is 2.27. The first-order valence-corrected chi connectivity index (χ1v) is 5.13. The van der Waals surface area contributed by atoms with Crippen molar-refractivity contribution in [3.63, 3.8) is 0 Å². The number of aromatic hydroxyl groups is 1. The molecule has 0 unspecified atom stereocenters. The highest BCUT2D eigenvalue weighted by Crippen LogP contribution is 2.14. The Morgan fingerprint density at radius 1 is 1.24 bits per heavy atom. The van der Waals surface area contributed by atoms with Crippen LogP contribution in [0.2, 0.25) is 0 Å². The lowest BCUT2D eigenvalue weighted by Crippen LogP contribution is -2.38. The van der Waals surface area contributed by atoms with E-state index in [4.69, 9.17) is 10.2 Å². The molecular weight excluding hydrogens is 222 g/mol. The molecule has 0 saturated carbocycles. The zero-order chi connectivity index (χ0) is 13.1. The van der Waals surface area contributed by atoms with Crippen LogP contribution < -0.4 is 5.32 Å². The summed E-state index contributed by atoms with van der Waals surface area (Å²) in [5, 5.41) is 20.5. The number of phenols is 1. The zero-order valence-electron chi connectivity index (χ0n) is 9.73.